The van der Waals surface area contributed by atoms with Crippen LogP contribution in [0.25, 0.3) is 0 Å². The van der Waals surface area contributed by atoms with Crippen molar-refractivity contribution in [2.24, 2.45) is 10.8 Å². The van der Waals surface area contributed by atoms with Gasteiger partial charge >= 0.3 is 0 Å². The summed E-state index contributed by atoms with van der Waals surface area (Å²) >= 11 is 0. The van der Waals surface area contributed by atoms with Gasteiger partial charge in [-0.2, -0.15) is 0 Å². The van der Waals surface area contributed by atoms with Gasteiger partial charge in [0.2, 0.25) is 23.3 Å². The molecule has 33 heavy (non-hydrogen) atoms. The van der Waals surface area contributed by atoms with Gasteiger partial charge in [-0.1, -0.05) is 41.5 Å². The van der Waals surface area contributed by atoms with E-state index in [4.69, 9.17) is 4.42 Å². The highest BCUT2D eigenvalue weighted by molar-refractivity contribution is 6.38. The highest BCUT2D eigenvalue weighted by Gasteiger charge is 2.43. The standard InChI is InChI=1S/C24H36N4O5/c1-7-23(3,4)17(29)21(31)27-13-9-11-15(27)19-25-26-20(33-19)16-12-10-14-28(16)22(32)18(30)24(5,6)8-2/h15-16H,7-14H2,1-6H3/t15-,16-/m0/s1. The van der Waals surface area contributed by atoms with Crippen LogP contribution in [0.15, 0.2) is 4.42 Å². The largest absolute Gasteiger partial charge is 0.421 e. The maximum Gasteiger partial charge on any atom is 0.291 e. The highest BCUT2D eigenvalue weighted by Crippen LogP contribution is 2.37. The van der Waals surface area contributed by atoms with E-state index >= 15 is 0 Å². The Hall–Kier alpha value is -2.58. The van der Waals surface area contributed by atoms with E-state index in [1.54, 1.807) is 27.7 Å². The number of aromatic nitrogens is 2. The minimum Gasteiger partial charge on any atom is -0.421 e. The molecule has 2 atom stereocenters. The predicted octanol–water partition coefficient (Wildman–Crippen LogP) is 3.41. The van der Waals surface area contributed by atoms with E-state index in [9.17, 15) is 19.2 Å². The zero-order valence-electron chi connectivity index (χ0n) is 20.6. The van der Waals surface area contributed by atoms with Gasteiger partial charge in [0.1, 0.15) is 12.1 Å². The molecule has 2 aliphatic heterocycles. The zero-order chi connectivity index (χ0) is 24.6. The molecule has 0 N–H and O–H groups in total. The third-order valence-electron chi connectivity index (χ3n) is 7.44. The molecule has 3 rings (SSSR count). The first-order valence-electron chi connectivity index (χ1n) is 12.0. The molecular weight excluding hydrogens is 424 g/mol. The number of nitrogens with zero attached hydrogens (tertiary/aromatic N) is 4. The van der Waals surface area contributed by atoms with Crippen molar-refractivity contribution in [3.63, 3.8) is 0 Å². The van der Waals surface area contributed by atoms with Crippen LogP contribution in [0.3, 0.4) is 0 Å². The molecule has 2 saturated heterocycles. The van der Waals surface area contributed by atoms with E-state index < -0.39 is 46.3 Å². The molecule has 0 spiro atoms. The number of carbonyl (C=O) groups excluding carboxylic acids is 4. The summed E-state index contributed by atoms with van der Waals surface area (Å²) in [6, 6.07) is -0.914. The highest BCUT2D eigenvalue weighted by atomic mass is 16.4. The lowest BCUT2D eigenvalue weighted by molar-refractivity contribution is -0.150. The predicted molar refractivity (Wildman–Crippen MR) is 120 cm³/mol. The molecular formula is C24H36N4O5. The molecule has 2 fully saturated rings. The summed E-state index contributed by atoms with van der Waals surface area (Å²) in [7, 11) is 0. The van der Waals surface area contributed by atoms with Crippen molar-refractivity contribution in [1.29, 1.82) is 0 Å². The van der Waals surface area contributed by atoms with Gasteiger partial charge in [-0.25, -0.2) is 0 Å². The normalized spacial score (nSPS) is 21.5. The van der Waals surface area contributed by atoms with Crippen LogP contribution in [0.2, 0.25) is 0 Å². The average Bonchev–Trinajstić information content (AvgIpc) is 3.55. The Morgan fingerprint density at radius 3 is 1.48 bits per heavy atom. The first-order chi connectivity index (χ1) is 15.4. The number of Topliss-reactive ketones (excluding diaryl/α,β-unsaturated/α-hetero) is 2. The number of ketones is 2. The maximum absolute atomic E-state index is 12.9. The Bertz CT molecular complexity index is 863. The number of hydrogen-bond donors (Lipinski definition) is 0. The fraction of sp³-hybridized carbons (Fsp3) is 0.750. The smallest absolute Gasteiger partial charge is 0.291 e. The second-order valence-electron chi connectivity index (χ2n) is 10.4. The Kier molecular flexibility index (Phi) is 7.10. The molecule has 0 bridgehead atoms. The van der Waals surface area contributed by atoms with E-state index in [-0.39, 0.29) is 11.8 Å². The Morgan fingerprint density at radius 1 is 0.788 bits per heavy atom. The fourth-order valence-corrected chi connectivity index (χ4v) is 4.21. The minimum absolute atomic E-state index is 0.275. The van der Waals surface area contributed by atoms with Gasteiger partial charge in [0.05, 0.1) is 0 Å². The average molecular weight is 461 g/mol. The van der Waals surface area contributed by atoms with Gasteiger partial charge in [-0.15, -0.1) is 10.2 Å². The van der Waals surface area contributed by atoms with Crippen molar-refractivity contribution in [3.05, 3.63) is 11.8 Å². The first kappa shape index (κ1) is 25.1. The lowest BCUT2D eigenvalue weighted by atomic mass is 9.84. The maximum atomic E-state index is 12.9. The summed E-state index contributed by atoms with van der Waals surface area (Å²) in [6.07, 6.45) is 3.87. The quantitative estimate of drug-likeness (QED) is 0.546. The molecule has 9 nitrogen and oxygen atoms in total. The van der Waals surface area contributed by atoms with E-state index in [1.165, 1.54) is 9.80 Å². The van der Waals surface area contributed by atoms with Crippen molar-refractivity contribution in [2.45, 2.75) is 92.2 Å². The summed E-state index contributed by atoms with van der Waals surface area (Å²) in [5, 5.41) is 8.35. The molecule has 1 aromatic heterocycles. The molecule has 0 radical (unpaired) electrons. The third-order valence-corrected chi connectivity index (χ3v) is 7.44. The van der Waals surface area contributed by atoms with Crippen LogP contribution in [-0.4, -0.2) is 56.5 Å². The molecule has 2 aliphatic rings. The van der Waals surface area contributed by atoms with Gasteiger partial charge in [-0.3, -0.25) is 19.2 Å². The van der Waals surface area contributed by atoms with E-state index in [0.717, 1.165) is 12.8 Å². The van der Waals surface area contributed by atoms with Crippen LogP contribution in [-0.2, 0) is 19.2 Å². The molecule has 0 unspecified atom stereocenters. The summed E-state index contributed by atoms with van der Waals surface area (Å²) in [5.41, 5.74) is -1.46. The molecule has 2 amide bonds. The van der Waals surface area contributed by atoms with Crippen molar-refractivity contribution in [3.8, 4) is 0 Å². The van der Waals surface area contributed by atoms with Crippen LogP contribution >= 0.6 is 0 Å². The van der Waals surface area contributed by atoms with Crippen LogP contribution < -0.4 is 0 Å². The van der Waals surface area contributed by atoms with Gasteiger partial charge in [-0.05, 0) is 38.5 Å². The molecule has 3 heterocycles. The van der Waals surface area contributed by atoms with Gasteiger partial charge in [0.15, 0.2) is 0 Å². The molecule has 9 heteroatoms. The molecule has 0 aliphatic carbocycles. The SMILES string of the molecule is CCC(C)(C)C(=O)C(=O)N1CCC[C@H]1c1nnc([C@@H]2CCCN2C(=O)C(=O)C(C)(C)CC)o1. The summed E-state index contributed by atoms with van der Waals surface area (Å²) in [5.74, 6) is -1.32. The summed E-state index contributed by atoms with van der Waals surface area (Å²) in [4.78, 5) is 54.4. The van der Waals surface area contributed by atoms with Crippen molar-refractivity contribution >= 4 is 23.4 Å². The van der Waals surface area contributed by atoms with Crippen molar-refractivity contribution in [2.75, 3.05) is 13.1 Å². The van der Waals surface area contributed by atoms with E-state index in [0.29, 0.717) is 38.8 Å². The monoisotopic (exact) mass is 460 g/mol. The number of hydrogen-bond acceptors (Lipinski definition) is 7. The van der Waals surface area contributed by atoms with Crippen LogP contribution in [0.4, 0.5) is 0 Å². The van der Waals surface area contributed by atoms with Crippen molar-refractivity contribution in [1.82, 2.24) is 20.0 Å². The number of amides is 2. The molecule has 0 saturated carbocycles. The topological polar surface area (TPSA) is 114 Å². The Morgan fingerprint density at radius 2 is 1.15 bits per heavy atom. The lowest BCUT2D eigenvalue weighted by Gasteiger charge is -2.27. The molecule has 1 aromatic rings. The van der Waals surface area contributed by atoms with Gasteiger partial charge in [0.25, 0.3) is 11.8 Å². The second-order valence-corrected chi connectivity index (χ2v) is 10.4. The summed E-state index contributed by atoms with van der Waals surface area (Å²) in [6.45, 7) is 11.8. The van der Waals surface area contributed by atoms with E-state index in [1.807, 2.05) is 13.8 Å². The minimum atomic E-state index is -0.728. The Balaban J connectivity index is 1.78. The van der Waals surface area contributed by atoms with Crippen LogP contribution in [0, 0.1) is 10.8 Å². The summed E-state index contributed by atoms with van der Waals surface area (Å²) < 4.78 is 5.96. The van der Waals surface area contributed by atoms with Gasteiger partial charge in [0, 0.05) is 23.9 Å². The molecule has 0 aromatic carbocycles. The first-order valence-corrected chi connectivity index (χ1v) is 12.0. The third kappa shape index (κ3) is 4.73. The number of likely N-dealkylation sites (tertiary alicyclic amines) is 2. The van der Waals surface area contributed by atoms with Gasteiger partial charge < -0.3 is 14.2 Å². The Labute approximate surface area is 195 Å². The van der Waals surface area contributed by atoms with Crippen LogP contribution in [0.1, 0.15) is 104 Å². The number of carbonyl (C=O) groups is 4. The second kappa shape index (κ2) is 9.35. The number of rotatable bonds is 8. The molecule has 182 valence electrons. The van der Waals surface area contributed by atoms with Crippen LogP contribution in [0.5, 0.6) is 0 Å². The fourth-order valence-electron chi connectivity index (χ4n) is 4.21. The lowest BCUT2D eigenvalue weighted by Crippen LogP contribution is -2.42. The zero-order valence-corrected chi connectivity index (χ0v) is 20.6. The van der Waals surface area contributed by atoms with E-state index in [2.05, 4.69) is 10.2 Å². The van der Waals surface area contributed by atoms with Crippen molar-refractivity contribution < 1.29 is 23.6 Å².